The number of sulfone groups is 1. The van der Waals surface area contributed by atoms with E-state index in [1.165, 1.54) is 11.8 Å². The molecule has 160 valence electrons. The van der Waals surface area contributed by atoms with Crippen LogP contribution in [0, 0.1) is 0 Å². The normalized spacial score (nSPS) is 12.1. The smallest absolute Gasteiger partial charge is 0.191 e. The highest BCUT2D eigenvalue weighted by Crippen LogP contribution is 2.21. The van der Waals surface area contributed by atoms with Gasteiger partial charge in [0.2, 0.25) is 0 Å². The lowest BCUT2D eigenvalue weighted by atomic mass is 9.85. The maximum absolute atomic E-state index is 11.5. The van der Waals surface area contributed by atoms with Gasteiger partial charge in [0.25, 0.3) is 0 Å². The van der Waals surface area contributed by atoms with E-state index in [-0.39, 0.29) is 34.3 Å². The second-order valence-electron chi connectivity index (χ2n) is 7.19. The first kappa shape index (κ1) is 25.2. The van der Waals surface area contributed by atoms with Gasteiger partial charge in [-0.05, 0) is 29.8 Å². The van der Waals surface area contributed by atoms with E-state index in [2.05, 4.69) is 41.6 Å². The number of rotatable bonds is 8. The van der Waals surface area contributed by atoms with Gasteiger partial charge in [0.1, 0.15) is 12.4 Å². The van der Waals surface area contributed by atoms with Crippen molar-refractivity contribution in [1.29, 1.82) is 0 Å². The van der Waals surface area contributed by atoms with Gasteiger partial charge < -0.3 is 15.4 Å². The predicted molar refractivity (Wildman–Crippen MR) is 129 cm³/mol. The Morgan fingerprint density at radius 3 is 2.21 bits per heavy atom. The second kappa shape index (κ2) is 11.4. The molecule has 0 amide bonds. The minimum absolute atomic E-state index is 0. The molecular weight excluding hydrogens is 501 g/mol. The topological polar surface area (TPSA) is 79.8 Å². The molecule has 0 aliphatic rings. The molecule has 0 fully saturated rings. The van der Waals surface area contributed by atoms with Crippen LogP contribution in [0.15, 0.2) is 64.5 Å². The third-order valence-electron chi connectivity index (χ3n) is 4.39. The summed E-state index contributed by atoms with van der Waals surface area (Å²) in [4.78, 5) is 4.52. The number of benzene rings is 2. The van der Waals surface area contributed by atoms with Crippen molar-refractivity contribution in [1.82, 2.24) is 10.6 Å². The van der Waals surface area contributed by atoms with Crippen molar-refractivity contribution in [2.75, 3.05) is 33.0 Å². The molecule has 0 atom stereocenters. The first-order chi connectivity index (χ1) is 13.2. The Balaban J connectivity index is 0.00000420. The van der Waals surface area contributed by atoms with Gasteiger partial charge in [-0.15, -0.1) is 24.0 Å². The molecule has 0 radical (unpaired) electrons. The van der Waals surface area contributed by atoms with Gasteiger partial charge in [0.05, 0.1) is 11.4 Å². The number of guanidine groups is 1. The van der Waals surface area contributed by atoms with Crippen molar-refractivity contribution in [2.45, 2.75) is 24.2 Å². The standard InChI is InChI=1S/C21H29N3O3S.HI/c1-21(2,17-8-6-5-7-9-17)16-24-20(22-3)23-14-15-27-18-10-12-19(13-11-18)28(4,25)26;/h5-13H,14-16H2,1-4H3,(H2,22,23,24);1H. The summed E-state index contributed by atoms with van der Waals surface area (Å²) in [6, 6.07) is 16.8. The summed E-state index contributed by atoms with van der Waals surface area (Å²) in [5.41, 5.74) is 1.23. The van der Waals surface area contributed by atoms with E-state index in [0.29, 0.717) is 24.9 Å². The summed E-state index contributed by atoms with van der Waals surface area (Å²) in [7, 11) is -1.46. The van der Waals surface area contributed by atoms with Gasteiger partial charge in [0, 0.05) is 25.3 Å². The van der Waals surface area contributed by atoms with Gasteiger partial charge in [-0.25, -0.2) is 8.42 Å². The summed E-state index contributed by atoms with van der Waals surface area (Å²) in [6.07, 6.45) is 1.18. The predicted octanol–water partition coefficient (Wildman–Crippen LogP) is 3.23. The van der Waals surface area contributed by atoms with E-state index in [4.69, 9.17) is 4.74 Å². The SMILES string of the molecule is CN=C(NCCOc1ccc(S(C)(=O)=O)cc1)NCC(C)(C)c1ccccc1.I. The highest BCUT2D eigenvalue weighted by molar-refractivity contribution is 14.0. The number of nitrogens with zero attached hydrogens (tertiary/aromatic N) is 1. The summed E-state index contributed by atoms with van der Waals surface area (Å²) in [5, 5.41) is 6.56. The maximum Gasteiger partial charge on any atom is 0.191 e. The van der Waals surface area contributed by atoms with Crippen LogP contribution in [0.1, 0.15) is 19.4 Å². The number of ether oxygens (including phenoxy) is 1. The highest BCUT2D eigenvalue weighted by Gasteiger charge is 2.20. The molecule has 0 aliphatic carbocycles. The first-order valence-corrected chi connectivity index (χ1v) is 11.0. The largest absolute Gasteiger partial charge is 0.492 e. The molecule has 0 aliphatic heterocycles. The fourth-order valence-corrected chi connectivity index (χ4v) is 3.27. The van der Waals surface area contributed by atoms with Gasteiger partial charge in [-0.1, -0.05) is 44.2 Å². The number of nitrogens with one attached hydrogen (secondary N) is 2. The zero-order chi connectivity index (χ0) is 20.6. The number of hydrogen-bond donors (Lipinski definition) is 2. The molecule has 0 saturated carbocycles. The van der Waals surface area contributed by atoms with Gasteiger partial charge >= 0.3 is 0 Å². The zero-order valence-corrected chi connectivity index (χ0v) is 20.5. The molecule has 2 aromatic carbocycles. The third-order valence-corrected chi connectivity index (χ3v) is 5.52. The average Bonchev–Trinajstić information content (AvgIpc) is 2.68. The molecule has 0 saturated heterocycles. The molecule has 0 bridgehead atoms. The summed E-state index contributed by atoms with van der Waals surface area (Å²) >= 11 is 0. The molecule has 2 rings (SSSR count). The average molecular weight is 531 g/mol. The van der Waals surface area contributed by atoms with Gasteiger partial charge in [0.15, 0.2) is 15.8 Å². The summed E-state index contributed by atoms with van der Waals surface area (Å²) in [5.74, 6) is 1.34. The van der Waals surface area contributed by atoms with Crippen molar-refractivity contribution in [3.05, 3.63) is 60.2 Å². The Morgan fingerprint density at radius 2 is 1.66 bits per heavy atom. The van der Waals surface area contributed by atoms with E-state index in [1.54, 1.807) is 31.3 Å². The van der Waals surface area contributed by atoms with Crippen LogP contribution in [0.4, 0.5) is 0 Å². The molecule has 2 N–H and O–H groups in total. The van der Waals surface area contributed by atoms with Crippen molar-refractivity contribution in [3.63, 3.8) is 0 Å². The first-order valence-electron chi connectivity index (χ1n) is 9.15. The van der Waals surface area contributed by atoms with Crippen LogP contribution in [0.5, 0.6) is 5.75 Å². The van der Waals surface area contributed by atoms with Crippen molar-refractivity contribution >= 4 is 39.8 Å². The van der Waals surface area contributed by atoms with E-state index in [0.717, 1.165) is 6.54 Å². The van der Waals surface area contributed by atoms with Gasteiger partial charge in [-0.3, -0.25) is 4.99 Å². The van der Waals surface area contributed by atoms with E-state index in [9.17, 15) is 8.42 Å². The second-order valence-corrected chi connectivity index (χ2v) is 9.21. The van der Waals surface area contributed by atoms with Crippen LogP contribution in [0.2, 0.25) is 0 Å². The van der Waals surface area contributed by atoms with Crippen molar-refractivity contribution < 1.29 is 13.2 Å². The fraction of sp³-hybridized carbons (Fsp3) is 0.381. The highest BCUT2D eigenvalue weighted by atomic mass is 127. The fourth-order valence-electron chi connectivity index (χ4n) is 2.64. The minimum Gasteiger partial charge on any atom is -0.492 e. The van der Waals surface area contributed by atoms with Crippen LogP contribution in [0.3, 0.4) is 0 Å². The van der Waals surface area contributed by atoms with Crippen LogP contribution in [0.25, 0.3) is 0 Å². The lowest BCUT2D eigenvalue weighted by Crippen LogP contribution is -2.44. The molecule has 0 heterocycles. The Labute approximate surface area is 191 Å². The van der Waals surface area contributed by atoms with Crippen molar-refractivity contribution in [3.8, 4) is 5.75 Å². The van der Waals surface area contributed by atoms with E-state index >= 15 is 0 Å². The maximum atomic E-state index is 11.5. The molecule has 6 nitrogen and oxygen atoms in total. The number of hydrogen-bond acceptors (Lipinski definition) is 4. The molecule has 0 unspecified atom stereocenters. The monoisotopic (exact) mass is 531 g/mol. The lowest BCUT2D eigenvalue weighted by Gasteiger charge is -2.26. The quantitative estimate of drug-likeness (QED) is 0.237. The van der Waals surface area contributed by atoms with Crippen LogP contribution in [-0.2, 0) is 15.3 Å². The lowest BCUT2D eigenvalue weighted by molar-refractivity contribution is 0.321. The minimum atomic E-state index is -3.19. The van der Waals surface area contributed by atoms with E-state index in [1.807, 2.05) is 18.2 Å². The van der Waals surface area contributed by atoms with Gasteiger partial charge in [-0.2, -0.15) is 0 Å². The molecule has 2 aromatic rings. The molecule has 0 spiro atoms. The van der Waals surface area contributed by atoms with Crippen LogP contribution >= 0.6 is 24.0 Å². The third kappa shape index (κ3) is 8.22. The Kier molecular flexibility index (Phi) is 9.91. The van der Waals surface area contributed by atoms with Crippen LogP contribution in [-0.4, -0.2) is 47.4 Å². The van der Waals surface area contributed by atoms with Crippen LogP contribution < -0.4 is 15.4 Å². The molecule has 8 heteroatoms. The Hall–Kier alpha value is -1.81. The summed E-state index contributed by atoms with van der Waals surface area (Å²) < 4.78 is 28.6. The summed E-state index contributed by atoms with van der Waals surface area (Å²) in [6.45, 7) is 6.11. The van der Waals surface area contributed by atoms with Crippen molar-refractivity contribution in [2.24, 2.45) is 4.99 Å². The Morgan fingerprint density at radius 1 is 1.03 bits per heavy atom. The van der Waals surface area contributed by atoms with E-state index < -0.39 is 9.84 Å². The zero-order valence-electron chi connectivity index (χ0n) is 17.3. The molecule has 0 aromatic heterocycles. The molecule has 29 heavy (non-hydrogen) atoms. The number of aliphatic imine (C=N–C) groups is 1. The number of halogens is 1. The Bertz CT molecular complexity index is 883. The molecular formula is C21H30IN3O3S.